The van der Waals surface area contributed by atoms with Crippen LogP contribution in [0.2, 0.25) is 0 Å². The molecule has 17 heavy (non-hydrogen) atoms. The molecule has 1 N–H and O–H groups in total. The minimum Gasteiger partial charge on any atom is -0.340 e. The number of nitrogens with zero attached hydrogens (tertiary/aromatic N) is 2. The van der Waals surface area contributed by atoms with Gasteiger partial charge in [-0.15, -0.1) is 0 Å². The average Bonchev–Trinajstić information content (AvgIpc) is 2.32. The minimum absolute atomic E-state index is 0.0135. The van der Waals surface area contributed by atoms with E-state index in [1.165, 1.54) is 18.3 Å². The molecule has 0 bridgehead atoms. The van der Waals surface area contributed by atoms with Crippen LogP contribution in [0.15, 0.2) is 47.1 Å². The molecule has 1 aromatic carbocycles. The number of hydrogen-bond donors (Lipinski definition) is 1. The van der Waals surface area contributed by atoms with Crippen LogP contribution in [-0.4, -0.2) is 9.91 Å². The first kappa shape index (κ1) is 11.5. The van der Waals surface area contributed by atoms with E-state index in [-0.39, 0.29) is 5.69 Å². The monoisotopic (exact) mass is 293 g/mol. The van der Waals surface area contributed by atoms with Crippen LogP contribution in [0.4, 0.5) is 17.2 Å². The molecular formula is C11H8BrN3O2. The van der Waals surface area contributed by atoms with E-state index in [0.717, 1.165) is 10.2 Å². The molecule has 0 atom stereocenters. The van der Waals surface area contributed by atoms with Crippen LogP contribution in [0.1, 0.15) is 0 Å². The molecule has 0 spiro atoms. The van der Waals surface area contributed by atoms with Gasteiger partial charge in [-0.25, -0.2) is 4.98 Å². The van der Waals surface area contributed by atoms with Gasteiger partial charge in [0.05, 0.1) is 11.0 Å². The largest absolute Gasteiger partial charge is 0.340 e. The number of aromatic nitrogens is 1. The Bertz CT molecular complexity index is 543. The van der Waals surface area contributed by atoms with Crippen LogP contribution in [0.3, 0.4) is 0 Å². The van der Waals surface area contributed by atoms with Gasteiger partial charge < -0.3 is 5.32 Å². The normalized spacial score (nSPS) is 9.94. The van der Waals surface area contributed by atoms with Crippen LogP contribution in [0.25, 0.3) is 0 Å². The quantitative estimate of drug-likeness (QED) is 0.695. The van der Waals surface area contributed by atoms with Gasteiger partial charge in [0, 0.05) is 22.4 Å². The van der Waals surface area contributed by atoms with Crippen LogP contribution in [-0.2, 0) is 0 Å². The number of nitrogens with one attached hydrogen (secondary N) is 1. The minimum atomic E-state index is -0.450. The molecule has 0 radical (unpaired) electrons. The summed E-state index contributed by atoms with van der Waals surface area (Å²) in [6.45, 7) is 0. The third kappa shape index (κ3) is 3.01. The third-order valence-electron chi connectivity index (χ3n) is 2.07. The molecule has 5 nitrogen and oxygen atoms in total. The molecule has 0 saturated carbocycles. The lowest BCUT2D eigenvalue weighted by Crippen LogP contribution is -1.95. The number of benzene rings is 1. The summed E-state index contributed by atoms with van der Waals surface area (Å²) in [5.74, 6) is 0.446. The van der Waals surface area contributed by atoms with Gasteiger partial charge in [-0.3, -0.25) is 10.1 Å². The Kier molecular flexibility index (Phi) is 3.34. The summed E-state index contributed by atoms with van der Waals surface area (Å²) < 4.78 is 0.968. The number of rotatable bonds is 3. The number of nitro groups is 1. The molecule has 1 aromatic heterocycles. The summed E-state index contributed by atoms with van der Waals surface area (Å²) in [6.07, 6.45) is 1.40. The molecule has 0 fully saturated rings. The number of pyridine rings is 1. The molecule has 1 heterocycles. The van der Waals surface area contributed by atoms with E-state index in [1.807, 2.05) is 24.3 Å². The molecule has 0 unspecified atom stereocenters. The Hall–Kier alpha value is -1.95. The highest BCUT2D eigenvalue weighted by atomic mass is 79.9. The van der Waals surface area contributed by atoms with E-state index in [9.17, 15) is 10.1 Å². The zero-order valence-electron chi connectivity index (χ0n) is 8.63. The van der Waals surface area contributed by atoms with Gasteiger partial charge in [-0.05, 0) is 24.3 Å². The van der Waals surface area contributed by atoms with Crippen molar-refractivity contribution in [3.63, 3.8) is 0 Å². The van der Waals surface area contributed by atoms with Gasteiger partial charge in [0.1, 0.15) is 5.82 Å². The zero-order chi connectivity index (χ0) is 12.3. The predicted octanol–water partition coefficient (Wildman–Crippen LogP) is 3.50. The summed E-state index contributed by atoms with van der Waals surface area (Å²) in [7, 11) is 0. The van der Waals surface area contributed by atoms with Gasteiger partial charge in [-0.1, -0.05) is 15.9 Å². The van der Waals surface area contributed by atoms with Crippen molar-refractivity contribution in [3.05, 3.63) is 57.2 Å². The first-order valence-electron chi connectivity index (χ1n) is 4.78. The molecule has 0 aliphatic carbocycles. The lowest BCUT2D eigenvalue weighted by atomic mass is 10.3. The molecule has 0 aliphatic heterocycles. The van der Waals surface area contributed by atoms with E-state index in [4.69, 9.17) is 0 Å². The molecule has 86 valence electrons. The number of hydrogen-bond acceptors (Lipinski definition) is 4. The van der Waals surface area contributed by atoms with E-state index in [1.54, 1.807) is 0 Å². The second-order valence-electron chi connectivity index (χ2n) is 3.29. The Morgan fingerprint density at radius 3 is 2.59 bits per heavy atom. The Morgan fingerprint density at radius 2 is 1.94 bits per heavy atom. The van der Waals surface area contributed by atoms with Crippen LogP contribution < -0.4 is 5.32 Å². The fourth-order valence-electron chi connectivity index (χ4n) is 1.28. The van der Waals surface area contributed by atoms with Gasteiger partial charge >= 0.3 is 0 Å². The van der Waals surface area contributed by atoms with Crippen molar-refractivity contribution in [3.8, 4) is 0 Å². The average molecular weight is 294 g/mol. The molecule has 6 heteroatoms. The first-order chi connectivity index (χ1) is 8.15. The van der Waals surface area contributed by atoms with Crippen LogP contribution >= 0.6 is 15.9 Å². The van der Waals surface area contributed by atoms with Crippen molar-refractivity contribution >= 4 is 33.1 Å². The second kappa shape index (κ2) is 4.92. The maximum Gasteiger partial charge on any atom is 0.274 e. The van der Waals surface area contributed by atoms with E-state index >= 15 is 0 Å². The fraction of sp³-hybridized carbons (Fsp3) is 0. The summed E-state index contributed by atoms with van der Waals surface area (Å²) in [5.41, 5.74) is 0.834. The Morgan fingerprint density at radius 1 is 1.24 bits per heavy atom. The summed E-state index contributed by atoms with van der Waals surface area (Å²) in [5, 5.41) is 13.6. The third-order valence-corrected chi connectivity index (χ3v) is 2.60. The van der Waals surface area contributed by atoms with Crippen molar-refractivity contribution in [1.82, 2.24) is 4.98 Å². The smallest absolute Gasteiger partial charge is 0.274 e. The zero-order valence-corrected chi connectivity index (χ0v) is 10.2. The molecule has 2 rings (SSSR count). The van der Waals surface area contributed by atoms with Crippen LogP contribution in [0.5, 0.6) is 0 Å². The Labute approximate surface area is 106 Å². The van der Waals surface area contributed by atoms with E-state index in [2.05, 4.69) is 26.2 Å². The lowest BCUT2D eigenvalue weighted by Gasteiger charge is -2.04. The topological polar surface area (TPSA) is 68.1 Å². The summed E-state index contributed by atoms with van der Waals surface area (Å²) >= 11 is 3.33. The van der Waals surface area contributed by atoms with E-state index in [0.29, 0.717) is 5.82 Å². The lowest BCUT2D eigenvalue weighted by molar-refractivity contribution is -0.384. The molecular weight excluding hydrogens is 286 g/mol. The SMILES string of the molecule is O=[N+]([O-])c1ccnc(Nc2ccc(Br)cc2)c1. The van der Waals surface area contributed by atoms with Crippen molar-refractivity contribution in [2.24, 2.45) is 0 Å². The molecule has 0 aliphatic rings. The standard InChI is InChI=1S/C11H8BrN3O2/c12-8-1-3-9(4-2-8)14-11-7-10(15(16)17)5-6-13-11/h1-7H,(H,13,14). The maximum atomic E-state index is 10.6. The summed E-state index contributed by atoms with van der Waals surface area (Å²) in [6, 6.07) is 10.2. The van der Waals surface area contributed by atoms with Gasteiger partial charge in [0.15, 0.2) is 0 Å². The molecule has 0 saturated heterocycles. The van der Waals surface area contributed by atoms with Crippen molar-refractivity contribution in [1.29, 1.82) is 0 Å². The molecule has 0 amide bonds. The highest BCUT2D eigenvalue weighted by Crippen LogP contribution is 2.20. The van der Waals surface area contributed by atoms with E-state index < -0.39 is 4.92 Å². The van der Waals surface area contributed by atoms with Crippen molar-refractivity contribution in [2.75, 3.05) is 5.32 Å². The van der Waals surface area contributed by atoms with Crippen molar-refractivity contribution < 1.29 is 4.92 Å². The van der Waals surface area contributed by atoms with Crippen LogP contribution in [0, 0.1) is 10.1 Å². The van der Waals surface area contributed by atoms with Gasteiger partial charge in [0.25, 0.3) is 5.69 Å². The fourth-order valence-corrected chi connectivity index (χ4v) is 1.55. The first-order valence-corrected chi connectivity index (χ1v) is 5.57. The van der Waals surface area contributed by atoms with Crippen molar-refractivity contribution in [2.45, 2.75) is 0 Å². The highest BCUT2D eigenvalue weighted by molar-refractivity contribution is 9.10. The second-order valence-corrected chi connectivity index (χ2v) is 4.20. The number of anilines is 2. The van der Waals surface area contributed by atoms with Gasteiger partial charge in [-0.2, -0.15) is 0 Å². The Balaban J connectivity index is 2.21. The number of halogens is 1. The highest BCUT2D eigenvalue weighted by Gasteiger charge is 2.06. The maximum absolute atomic E-state index is 10.6. The van der Waals surface area contributed by atoms with Gasteiger partial charge in [0.2, 0.25) is 0 Å². The molecule has 2 aromatic rings. The predicted molar refractivity (Wildman–Crippen MR) is 68.3 cm³/mol. The summed E-state index contributed by atoms with van der Waals surface area (Å²) in [4.78, 5) is 14.2.